The number of hydrogen-bond acceptors (Lipinski definition) is 8. The molecule has 0 amide bonds. The van der Waals surface area contributed by atoms with E-state index in [-0.39, 0.29) is 12.4 Å². The second kappa shape index (κ2) is 19.5. The summed E-state index contributed by atoms with van der Waals surface area (Å²) in [4.78, 5) is 23.2. The molecule has 1 rings (SSSR count). The summed E-state index contributed by atoms with van der Waals surface area (Å²) >= 11 is 0. The molecule has 1 aliphatic rings. The minimum Gasteiger partial charge on any atom is -0.499 e. The average Bonchev–Trinajstić information content (AvgIpc) is 3.12. The van der Waals surface area contributed by atoms with Crippen molar-refractivity contribution in [2.45, 2.75) is 122 Å². The molecule has 0 aromatic carbocycles. The zero-order valence-corrected chi connectivity index (χ0v) is 21.0. The first-order valence-corrected chi connectivity index (χ1v) is 13.2. The van der Waals surface area contributed by atoms with Crippen molar-refractivity contribution in [3.8, 4) is 0 Å². The zero-order valence-electron chi connectivity index (χ0n) is 21.0. The van der Waals surface area contributed by atoms with Crippen LogP contribution in [-0.2, 0) is 23.8 Å². The van der Waals surface area contributed by atoms with E-state index in [1.807, 2.05) is 0 Å². The third-order valence-corrected chi connectivity index (χ3v) is 6.06. The Hall–Kier alpha value is -1.80. The summed E-state index contributed by atoms with van der Waals surface area (Å²) in [5.74, 6) is -2.90. The van der Waals surface area contributed by atoms with Crippen LogP contribution in [0.2, 0.25) is 0 Å². The van der Waals surface area contributed by atoms with Gasteiger partial charge in [0.15, 0.2) is 18.5 Å². The molecule has 2 atom stereocenters. The lowest BCUT2D eigenvalue weighted by Gasteiger charge is -2.17. The van der Waals surface area contributed by atoms with Crippen LogP contribution in [0.15, 0.2) is 11.5 Å². The van der Waals surface area contributed by atoms with Gasteiger partial charge in [-0.3, -0.25) is 0 Å². The zero-order chi connectivity index (χ0) is 25.0. The van der Waals surface area contributed by atoms with Crippen LogP contribution >= 0.6 is 0 Å². The van der Waals surface area contributed by atoms with Crippen LogP contribution < -0.4 is 0 Å². The molecule has 0 bridgehead atoms. The molecule has 8 nitrogen and oxygen atoms in total. The minimum absolute atomic E-state index is 0.282. The van der Waals surface area contributed by atoms with Gasteiger partial charge in [-0.15, -0.1) is 0 Å². The maximum absolute atomic E-state index is 11.8. The Morgan fingerprint density at radius 1 is 0.882 bits per heavy atom. The molecule has 0 fully saturated rings. The fourth-order valence-corrected chi connectivity index (χ4v) is 3.97. The van der Waals surface area contributed by atoms with Crippen molar-refractivity contribution in [3.05, 3.63) is 11.5 Å². The fourth-order valence-electron chi connectivity index (χ4n) is 3.97. The standard InChI is InChI=1S/C26H46O8/c1-2-3-4-5-6-7-8-9-10-11-12-13-14-15-16-17-18-32-22(29)20-33-25-23(30)26(31)34-24(25)21(28)19-27/h21,24,27-28,30H,2-20H2,1H3. The molecule has 8 heteroatoms. The van der Waals surface area contributed by atoms with E-state index in [9.17, 15) is 19.8 Å². The SMILES string of the molecule is CCCCCCCCCCCCCCCCCCOC(=O)COC1=C(O)C(=O)OC1C(O)CO. The highest BCUT2D eigenvalue weighted by molar-refractivity contribution is 5.89. The van der Waals surface area contributed by atoms with Gasteiger partial charge in [0, 0.05) is 0 Å². The number of unbranched alkanes of at least 4 members (excludes halogenated alkanes) is 15. The Bertz CT molecular complexity index is 589. The molecule has 0 aliphatic carbocycles. The first-order valence-electron chi connectivity index (χ1n) is 13.2. The smallest absolute Gasteiger partial charge is 0.378 e. The van der Waals surface area contributed by atoms with Crippen LogP contribution in [-0.4, -0.2) is 59.3 Å². The van der Waals surface area contributed by atoms with Crippen LogP contribution in [0.4, 0.5) is 0 Å². The van der Waals surface area contributed by atoms with Gasteiger partial charge in [0.2, 0.25) is 5.76 Å². The van der Waals surface area contributed by atoms with Crippen LogP contribution in [0.25, 0.3) is 0 Å². The summed E-state index contributed by atoms with van der Waals surface area (Å²) in [6.45, 7) is 1.32. The molecule has 3 N–H and O–H groups in total. The van der Waals surface area contributed by atoms with E-state index in [4.69, 9.17) is 19.3 Å². The molecule has 0 radical (unpaired) electrons. The van der Waals surface area contributed by atoms with Gasteiger partial charge in [-0.05, 0) is 6.42 Å². The third kappa shape index (κ3) is 13.2. The van der Waals surface area contributed by atoms with Crippen molar-refractivity contribution >= 4 is 11.9 Å². The molecule has 0 saturated heterocycles. The van der Waals surface area contributed by atoms with Crippen molar-refractivity contribution in [1.29, 1.82) is 0 Å². The highest BCUT2D eigenvalue weighted by Crippen LogP contribution is 2.24. The lowest BCUT2D eigenvalue weighted by atomic mass is 10.0. The Kier molecular flexibility index (Phi) is 17.3. The van der Waals surface area contributed by atoms with Crippen LogP contribution in [0.5, 0.6) is 0 Å². The molecule has 0 aromatic rings. The van der Waals surface area contributed by atoms with E-state index < -0.39 is 43.1 Å². The highest BCUT2D eigenvalue weighted by atomic mass is 16.6. The Morgan fingerprint density at radius 2 is 1.35 bits per heavy atom. The van der Waals surface area contributed by atoms with E-state index in [0.29, 0.717) is 0 Å². The molecule has 0 saturated carbocycles. The molecular weight excluding hydrogens is 440 g/mol. The summed E-state index contributed by atoms with van der Waals surface area (Å²) in [6.07, 6.45) is 17.5. The largest absolute Gasteiger partial charge is 0.499 e. The number of esters is 2. The molecule has 0 spiro atoms. The minimum atomic E-state index is -1.45. The number of carbonyl (C=O) groups excluding carboxylic acids is 2. The molecule has 198 valence electrons. The van der Waals surface area contributed by atoms with E-state index >= 15 is 0 Å². The first-order chi connectivity index (χ1) is 16.5. The van der Waals surface area contributed by atoms with Gasteiger partial charge < -0.3 is 29.5 Å². The number of aliphatic hydroxyl groups is 3. The number of carbonyl (C=O) groups is 2. The average molecular weight is 487 g/mol. The maximum atomic E-state index is 11.8. The third-order valence-electron chi connectivity index (χ3n) is 6.06. The Labute approximate surface area is 204 Å². The second-order valence-electron chi connectivity index (χ2n) is 9.10. The summed E-state index contributed by atoms with van der Waals surface area (Å²) in [5.41, 5.74) is 0. The maximum Gasteiger partial charge on any atom is 0.378 e. The van der Waals surface area contributed by atoms with Gasteiger partial charge in [-0.2, -0.15) is 0 Å². The highest BCUT2D eigenvalue weighted by Gasteiger charge is 2.40. The molecule has 1 heterocycles. The Morgan fingerprint density at radius 3 is 1.82 bits per heavy atom. The quantitative estimate of drug-likeness (QED) is 0.147. The summed E-state index contributed by atoms with van der Waals surface area (Å²) in [6, 6.07) is 0. The van der Waals surface area contributed by atoms with Crippen LogP contribution in [0.1, 0.15) is 110 Å². The van der Waals surface area contributed by atoms with E-state index in [0.717, 1.165) is 19.3 Å². The predicted octanol–water partition coefficient (Wildman–Crippen LogP) is 4.86. The van der Waals surface area contributed by atoms with Crippen molar-refractivity contribution in [1.82, 2.24) is 0 Å². The second-order valence-corrected chi connectivity index (χ2v) is 9.10. The number of hydrogen-bond donors (Lipinski definition) is 3. The monoisotopic (exact) mass is 486 g/mol. The van der Waals surface area contributed by atoms with Crippen molar-refractivity contribution < 1.29 is 39.1 Å². The molecule has 2 unspecified atom stereocenters. The van der Waals surface area contributed by atoms with Gasteiger partial charge in [-0.1, -0.05) is 103 Å². The van der Waals surface area contributed by atoms with Crippen LogP contribution in [0.3, 0.4) is 0 Å². The number of ether oxygens (including phenoxy) is 3. The van der Waals surface area contributed by atoms with Crippen molar-refractivity contribution in [3.63, 3.8) is 0 Å². The first kappa shape index (κ1) is 30.2. The number of rotatable bonds is 22. The lowest BCUT2D eigenvalue weighted by Crippen LogP contribution is -2.33. The normalized spacial score (nSPS) is 16.6. The summed E-state index contributed by atoms with van der Waals surface area (Å²) in [7, 11) is 0. The lowest BCUT2D eigenvalue weighted by molar-refractivity contribution is -0.150. The van der Waals surface area contributed by atoms with Gasteiger partial charge in [0.05, 0.1) is 13.2 Å². The molecule has 1 aliphatic heterocycles. The topological polar surface area (TPSA) is 123 Å². The van der Waals surface area contributed by atoms with E-state index in [1.165, 1.54) is 83.5 Å². The predicted molar refractivity (Wildman–Crippen MR) is 129 cm³/mol. The van der Waals surface area contributed by atoms with Crippen molar-refractivity contribution in [2.75, 3.05) is 19.8 Å². The number of aliphatic hydroxyl groups excluding tert-OH is 3. The number of cyclic esters (lactones) is 1. The van der Waals surface area contributed by atoms with Crippen molar-refractivity contribution in [2.24, 2.45) is 0 Å². The summed E-state index contributed by atoms with van der Waals surface area (Å²) < 4.78 is 14.9. The Balaban J connectivity index is 1.92. The van der Waals surface area contributed by atoms with Gasteiger partial charge >= 0.3 is 11.9 Å². The van der Waals surface area contributed by atoms with E-state index in [1.54, 1.807) is 0 Å². The molecule has 34 heavy (non-hydrogen) atoms. The van der Waals surface area contributed by atoms with Crippen LogP contribution in [0, 0.1) is 0 Å². The molecular formula is C26H46O8. The van der Waals surface area contributed by atoms with E-state index in [2.05, 4.69) is 6.92 Å². The fraction of sp³-hybridized carbons (Fsp3) is 0.846. The van der Waals surface area contributed by atoms with Gasteiger partial charge in [0.1, 0.15) is 6.10 Å². The summed E-state index contributed by atoms with van der Waals surface area (Å²) in [5, 5.41) is 28.3. The van der Waals surface area contributed by atoms with Gasteiger partial charge in [0.25, 0.3) is 0 Å². The molecule has 0 aromatic heterocycles. The van der Waals surface area contributed by atoms with Gasteiger partial charge in [-0.25, -0.2) is 9.59 Å².